The van der Waals surface area contributed by atoms with Gasteiger partial charge in [-0.3, -0.25) is 4.79 Å². The minimum Gasteiger partial charge on any atom is -0.459 e. The van der Waals surface area contributed by atoms with Crippen molar-refractivity contribution in [3.05, 3.63) is 0 Å². The van der Waals surface area contributed by atoms with E-state index in [9.17, 15) is 14.4 Å². The van der Waals surface area contributed by atoms with Crippen LogP contribution >= 0.6 is 0 Å². The number of aliphatic hydroxyl groups excluding tert-OH is 1. The summed E-state index contributed by atoms with van der Waals surface area (Å²) < 4.78 is 9.10. The summed E-state index contributed by atoms with van der Waals surface area (Å²) >= 11 is 0. The van der Waals surface area contributed by atoms with Crippen LogP contribution in [0.25, 0.3) is 0 Å². The van der Waals surface area contributed by atoms with Crippen LogP contribution < -0.4 is 17.2 Å². The molecule has 19 heavy (non-hydrogen) atoms. The van der Waals surface area contributed by atoms with Crippen molar-refractivity contribution in [2.75, 3.05) is 6.61 Å². The maximum atomic E-state index is 11.4. The molecule has 0 aliphatic rings. The summed E-state index contributed by atoms with van der Waals surface area (Å²) in [6.07, 6.45) is -1.07. The molecule has 110 valence electrons. The molecule has 0 aliphatic carbocycles. The summed E-state index contributed by atoms with van der Waals surface area (Å²) in [5, 5.41) is 8.64. The molecule has 0 rings (SSSR count). The van der Waals surface area contributed by atoms with Gasteiger partial charge >= 0.3 is 17.9 Å². The summed E-state index contributed by atoms with van der Waals surface area (Å²) in [4.78, 5) is 33.7. The van der Waals surface area contributed by atoms with Gasteiger partial charge in [-0.05, 0) is 13.8 Å². The molecular weight excluding hydrogens is 258 g/mol. The molecule has 0 radical (unpaired) electrons. The zero-order valence-corrected chi connectivity index (χ0v) is 10.7. The number of esters is 3. The van der Waals surface area contributed by atoms with Crippen LogP contribution in [0.1, 0.15) is 13.8 Å². The second kappa shape index (κ2) is 7.79. The van der Waals surface area contributed by atoms with Crippen LogP contribution in [0.3, 0.4) is 0 Å². The number of hydrogen-bond acceptors (Lipinski definition) is 9. The first kappa shape index (κ1) is 17.4. The van der Waals surface area contributed by atoms with E-state index in [4.69, 9.17) is 27.0 Å². The van der Waals surface area contributed by atoms with Crippen molar-refractivity contribution in [3.63, 3.8) is 0 Å². The second-order valence-electron chi connectivity index (χ2n) is 3.99. The van der Waals surface area contributed by atoms with Gasteiger partial charge in [0.15, 0.2) is 0 Å². The minimum atomic E-state index is -1.36. The SMILES string of the molecule is C[C@H](N)C(=O)OC(=O)[C@@H](N)[C@@H](C)OC(=O)[C@@H](N)CO. The Bertz CT molecular complexity index is 346. The molecular formula is C10H19N3O6. The third kappa shape index (κ3) is 5.75. The molecule has 0 amide bonds. The lowest BCUT2D eigenvalue weighted by Crippen LogP contribution is -2.48. The van der Waals surface area contributed by atoms with E-state index in [-0.39, 0.29) is 0 Å². The Balaban J connectivity index is 4.40. The van der Waals surface area contributed by atoms with Crippen LogP contribution in [-0.2, 0) is 23.9 Å². The van der Waals surface area contributed by atoms with E-state index >= 15 is 0 Å². The van der Waals surface area contributed by atoms with Crippen molar-refractivity contribution in [3.8, 4) is 0 Å². The van der Waals surface area contributed by atoms with Gasteiger partial charge in [0.1, 0.15) is 24.2 Å². The third-order valence-corrected chi connectivity index (χ3v) is 2.15. The van der Waals surface area contributed by atoms with Gasteiger partial charge < -0.3 is 31.8 Å². The van der Waals surface area contributed by atoms with E-state index in [1.807, 2.05) is 0 Å². The van der Waals surface area contributed by atoms with Gasteiger partial charge in [0, 0.05) is 0 Å². The van der Waals surface area contributed by atoms with Gasteiger partial charge in [-0.1, -0.05) is 0 Å². The lowest BCUT2D eigenvalue weighted by Gasteiger charge is -2.20. The van der Waals surface area contributed by atoms with Crippen molar-refractivity contribution < 1.29 is 29.0 Å². The summed E-state index contributed by atoms with van der Waals surface area (Å²) in [5.74, 6) is -2.93. The monoisotopic (exact) mass is 277 g/mol. The molecule has 0 aliphatic heterocycles. The second-order valence-corrected chi connectivity index (χ2v) is 3.99. The summed E-state index contributed by atoms with van der Waals surface area (Å²) in [6, 6.07) is -3.56. The summed E-state index contributed by atoms with van der Waals surface area (Å²) in [7, 11) is 0. The molecule has 0 aromatic heterocycles. The van der Waals surface area contributed by atoms with E-state index < -0.39 is 48.7 Å². The fourth-order valence-electron chi connectivity index (χ4n) is 0.870. The van der Waals surface area contributed by atoms with Gasteiger partial charge in [-0.15, -0.1) is 0 Å². The number of carbonyl (C=O) groups is 3. The smallest absolute Gasteiger partial charge is 0.334 e. The molecule has 0 aromatic carbocycles. The molecule has 0 spiro atoms. The number of rotatable bonds is 6. The highest BCUT2D eigenvalue weighted by atomic mass is 16.6. The standard InChI is InChI=1S/C10H19N3O6/c1-4(11)8(15)19-10(17)7(13)5(2)18-9(16)6(12)3-14/h4-7,14H,3,11-13H2,1-2H3/t4-,5+,6-,7-/m0/s1. The maximum Gasteiger partial charge on any atom is 0.334 e. The first-order chi connectivity index (χ1) is 8.70. The van der Waals surface area contributed by atoms with Gasteiger partial charge in [0.25, 0.3) is 0 Å². The molecule has 0 fully saturated rings. The Labute approximate surface area is 110 Å². The molecule has 7 N–H and O–H groups in total. The van der Waals surface area contributed by atoms with Gasteiger partial charge in [-0.2, -0.15) is 0 Å². The van der Waals surface area contributed by atoms with Gasteiger partial charge in [-0.25, -0.2) is 9.59 Å². The molecule has 9 nitrogen and oxygen atoms in total. The lowest BCUT2D eigenvalue weighted by atomic mass is 10.2. The number of aliphatic hydroxyl groups is 1. The predicted molar refractivity (Wildman–Crippen MR) is 63.3 cm³/mol. The summed E-state index contributed by atoms with van der Waals surface area (Å²) in [5.41, 5.74) is 15.9. The number of ether oxygens (including phenoxy) is 2. The molecule has 4 atom stereocenters. The molecule has 0 bridgehead atoms. The Morgan fingerprint density at radius 2 is 1.58 bits per heavy atom. The fraction of sp³-hybridized carbons (Fsp3) is 0.700. The van der Waals surface area contributed by atoms with Crippen LogP contribution in [0, 0.1) is 0 Å². The van der Waals surface area contributed by atoms with Gasteiger partial charge in [0.2, 0.25) is 0 Å². The van der Waals surface area contributed by atoms with Crippen molar-refractivity contribution in [1.82, 2.24) is 0 Å². The molecule has 9 heteroatoms. The van der Waals surface area contributed by atoms with E-state index in [1.165, 1.54) is 13.8 Å². The normalized spacial score (nSPS) is 16.9. The van der Waals surface area contributed by atoms with E-state index in [0.29, 0.717) is 0 Å². The van der Waals surface area contributed by atoms with Crippen LogP contribution in [0.15, 0.2) is 0 Å². The van der Waals surface area contributed by atoms with Crippen molar-refractivity contribution in [1.29, 1.82) is 0 Å². The molecule has 0 saturated carbocycles. The number of nitrogens with two attached hydrogens (primary N) is 3. The Morgan fingerprint density at radius 3 is 2.00 bits per heavy atom. The zero-order chi connectivity index (χ0) is 15.2. The van der Waals surface area contributed by atoms with Crippen LogP contribution in [0.4, 0.5) is 0 Å². The number of hydrogen-bond donors (Lipinski definition) is 4. The average molecular weight is 277 g/mol. The molecule has 0 aromatic rings. The van der Waals surface area contributed by atoms with Crippen LogP contribution in [0.2, 0.25) is 0 Å². The van der Waals surface area contributed by atoms with E-state index in [0.717, 1.165) is 0 Å². The maximum absolute atomic E-state index is 11.4. The predicted octanol–water partition coefficient (Wildman–Crippen LogP) is -3.02. The number of carbonyl (C=O) groups excluding carboxylic acids is 3. The van der Waals surface area contributed by atoms with Crippen molar-refractivity contribution >= 4 is 17.9 Å². The Kier molecular flexibility index (Phi) is 7.16. The highest BCUT2D eigenvalue weighted by Crippen LogP contribution is 2.02. The molecule has 0 heterocycles. The quantitative estimate of drug-likeness (QED) is 0.291. The first-order valence-corrected chi connectivity index (χ1v) is 5.54. The average Bonchev–Trinajstić information content (AvgIpc) is 2.35. The molecule has 0 unspecified atom stereocenters. The minimum absolute atomic E-state index is 0.603. The summed E-state index contributed by atoms with van der Waals surface area (Å²) in [6.45, 7) is 2.06. The third-order valence-electron chi connectivity index (χ3n) is 2.15. The van der Waals surface area contributed by atoms with E-state index in [1.54, 1.807) is 0 Å². The largest absolute Gasteiger partial charge is 0.459 e. The lowest BCUT2D eigenvalue weighted by molar-refractivity contribution is -0.165. The highest BCUT2D eigenvalue weighted by molar-refractivity contribution is 5.91. The zero-order valence-electron chi connectivity index (χ0n) is 10.7. The first-order valence-electron chi connectivity index (χ1n) is 5.54. The van der Waals surface area contributed by atoms with Crippen LogP contribution in [0.5, 0.6) is 0 Å². The van der Waals surface area contributed by atoms with Crippen molar-refractivity contribution in [2.24, 2.45) is 17.2 Å². The topological polar surface area (TPSA) is 168 Å². The Morgan fingerprint density at radius 1 is 1.05 bits per heavy atom. The van der Waals surface area contributed by atoms with E-state index in [2.05, 4.69) is 4.74 Å². The van der Waals surface area contributed by atoms with Crippen molar-refractivity contribution in [2.45, 2.75) is 38.1 Å². The van der Waals surface area contributed by atoms with Gasteiger partial charge in [0.05, 0.1) is 6.61 Å². The fourth-order valence-corrected chi connectivity index (χ4v) is 0.870. The highest BCUT2D eigenvalue weighted by Gasteiger charge is 2.29. The molecule has 0 saturated heterocycles. The van der Waals surface area contributed by atoms with Crippen LogP contribution in [-0.4, -0.2) is 53.9 Å². The Hall–Kier alpha value is -1.55.